The van der Waals surface area contributed by atoms with Crippen LogP contribution < -0.4 is 5.32 Å². The van der Waals surface area contributed by atoms with Crippen molar-refractivity contribution in [2.24, 2.45) is 10.2 Å². The summed E-state index contributed by atoms with van der Waals surface area (Å²) in [4.78, 5) is 0. The van der Waals surface area contributed by atoms with E-state index in [9.17, 15) is 0 Å². The first kappa shape index (κ1) is 10.5. The molecule has 1 atom stereocenters. The molecule has 3 nitrogen and oxygen atoms in total. The molecule has 0 amide bonds. The summed E-state index contributed by atoms with van der Waals surface area (Å²) in [6.45, 7) is 0. The van der Waals surface area contributed by atoms with Crippen molar-refractivity contribution in [3.8, 4) is 0 Å². The van der Waals surface area contributed by atoms with Crippen molar-refractivity contribution >= 4 is 27.3 Å². The highest BCUT2D eigenvalue weighted by molar-refractivity contribution is 9.10. The molecular weight excluding hydrogens is 278 g/mol. The topological polar surface area (TPSA) is 36.8 Å². The molecule has 1 heterocycles. The molecule has 1 aliphatic heterocycles. The maximum atomic E-state index is 4.27. The monoisotopic (exact) mass is 287 g/mol. The number of fused-ring (bicyclic) bond motifs is 1. The van der Waals surface area contributed by atoms with Gasteiger partial charge in [0.25, 0.3) is 0 Å². The van der Waals surface area contributed by atoms with Crippen LogP contribution in [0.15, 0.2) is 63.2 Å². The lowest BCUT2D eigenvalue weighted by molar-refractivity contribution is 0.762. The largest absolute Gasteiger partial charge is 0.357 e. The van der Waals surface area contributed by atoms with Gasteiger partial charge in [0.15, 0.2) is 6.17 Å². The molecule has 0 aliphatic carbocycles. The van der Waals surface area contributed by atoms with Crippen LogP contribution in [0, 0.1) is 0 Å². The Balaban J connectivity index is 1.95. The Kier molecular flexibility index (Phi) is 2.65. The number of nitrogens with zero attached hydrogens (tertiary/aromatic N) is 2. The second-order valence-corrected chi connectivity index (χ2v) is 4.75. The smallest absolute Gasteiger partial charge is 0.166 e. The Morgan fingerprint density at radius 2 is 1.88 bits per heavy atom. The number of rotatable bonds is 1. The summed E-state index contributed by atoms with van der Waals surface area (Å²) in [7, 11) is 0. The minimum absolute atomic E-state index is 0.0991. The van der Waals surface area contributed by atoms with Gasteiger partial charge < -0.3 is 5.32 Å². The summed E-state index contributed by atoms with van der Waals surface area (Å²) in [5, 5.41) is 11.9. The zero-order valence-electron chi connectivity index (χ0n) is 8.97. The van der Waals surface area contributed by atoms with Crippen molar-refractivity contribution in [1.29, 1.82) is 0 Å². The van der Waals surface area contributed by atoms with Crippen LogP contribution in [0.3, 0.4) is 0 Å². The quantitative estimate of drug-likeness (QED) is 0.814. The van der Waals surface area contributed by atoms with Gasteiger partial charge in [-0.1, -0.05) is 46.3 Å². The fourth-order valence-corrected chi connectivity index (χ4v) is 2.15. The first-order valence-corrected chi connectivity index (χ1v) is 6.14. The van der Waals surface area contributed by atoms with Gasteiger partial charge in [-0.3, -0.25) is 0 Å². The van der Waals surface area contributed by atoms with Crippen LogP contribution >= 0.6 is 15.9 Å². The maximum Gasteiger partial charge on any atom is 0.166 e. The van der Waals surface area contributed by atoms with Crippen LogP contribution in [0.25, 0.3) is 0 Å². The third-order valence-corrected chi connectivity index (χ3v) is 3.14. The molecule has 0 bridgehead atoms. The number of hydrogen-bond donors (Lipinski definition) is 1. The molecular formula is C13H10BrN3. The van der Waals surface area contributed by atoms with Gasteiger partial charge >= 0.3 is 0 Å². The van der Waals surface area contributed by atoms with E-state index in [-0.39, 0.29) is 6.17 Å². The van der Waals surface area contributed by atoms with E-state index in [1.165, 1.54) is 0 Å². The SMILES string of the molecule is Brc1ccc2c(c1)N[C@H](c1ccccc1)N=N2. The molecule has 4 heteroatoms. The van der Waals surface area contributed by atoms with Gasteiger partial charge in [0, 0.05) is 4.47 Å². The third-order valence-electron chi connectivity index (χ3n) is 2.65. The van der Waals surface area contributed by atoms with Crippen LogP contribution in [-0.2, 0) is 0 Å². The number of benzene rings is 2. The van der Waals surface area contributed by atoms with Crippen molar-refractivity contribution in [1.82, 2.24) is 0 Å². The highest BCUT2D eigenvalue weighted by Gasteiger charge is 2.16. The van der Waals surface area contributed by atoms with E-state index in [0.717, 1.165) is 21.4 Å². The number of azo groups is 1. The van der Waals surface area contributed by atoms with Gasteiger partial charge in [-0.2, -0.15) is 10.2 Å². The standard InChI is InChI=1S/C13H10BrN3/c14-10-6-7-11-12(8-10)15-13(17-16-11)9-4-2-1-3-5-9/h1-8,13,15H/t13-/m0/s1. The summed E-state index contributed by atoms with van der Waals surface area (Å²) < 4.78 is 1.03. The van der Waals surface area contributed by atoms with Crippen LogP contribution in [-0.4, -0.2) is 0 Å². The van der Waals surface area contributed by atoms with E-state index in [0.29, 0.717) is 0 Å². The zero-order valence-corrected chi connectivity index (χ0v) is 10.6. The molecule has 17 heavy (non-hydrogen) atoms. The van der Waals surface area contributed by atoms with Crippen molar-refractivity contribution in [3.63, 3.8) is 0 Å². The zero-order chi connectivity index (χ0) is 11.7. The Morgan fingerprint density at radius 3 is 2.71 bits per heavy atom. The normalized spacial score (nSPS) is 17.4. The van der Waals surface area contributed by atoms with Gasteiger partial charge in [-0.05, 0) is 23.8 Å². The minimum Gasteiger partial charge on any atom is -0.357 e. The second kappa shape index (κ2) is 4.30. The highest BCUT2D eigenvalue weighted by atomic mass is 79.9. The molecule has 84 valence electrons. The van der Waals surface area contributed by atoms with E-state index >= 15 is 0 Å². The third kappa shape index (κ3) is 2.08. The van der Waals surface area contributed by atoms with Gasteiger partial charge in [0.2, 0.25) is 0 Å². The Hall–Kier alpha value is -1.68. The van der Waals surface area contributed by atoms with Crippen LogP contribution in [0.2, 0.25) is 0 Å². The molecule has 0 fully saturated rings. The molecule has 1 N–H and O–H groups in total. The lowest BCUT2D eigenvalue weighted by Crippen LogP contribution is -2.10. The van der Waals surface area contributed by atoms with E-state index < -0.39 is 0 Å². The molecule has 0 spiro atoms. The van der Waals surface area contributed by atoms with Crippen molar-refractivity contribution in [2.75, 3.05) is 5.32 Å². The summed E-state index contributed by atoms with van der Waals surface area (Å²) >= 11 is 3.45. The van der Waals surface area contributed by atoms with Gasteiger partial charge in [0.05, 0.1) is 5.69 Å². The predicted octanol–water partition coefficient (Wildman–Crippen LogP) is 4.66. The number of hydrogen-bond acceptors (Lipinski definition) is 3. The van der Waals surface area contributed by atoms with Crippen molar-refractivity contribution in [2.45, 2.75) is 6.17 Å². The molecule has 0 unspecified atom stereocenters. The summed E-state index contributed by atoms with van der Waals surface area (Å²) in [5.41, 5.74) is 2.99. The molecule has 0 aromatic heterocycles. The van der Waals surface area contributed by atoms with Crippen LogP contribution in [0.5, 0.6) is 0 Å². The summed E-state index contributed by atoms with van der Waals surface area (Å²) in [5.74, 6) is 0. The maximum absolute atomic E-state index is 4.27. The lowest BCUT2D eigenvalue weighted by Gasteiger charge is -2.20. The van der Waals surface area contributed by atoms with Crippen LogP contribution in [0.1, 0.15) is 11.7 Å². The Labute approximate surface area is 108 Å². The number of anilines is 1. The van der Waals surface area contributed by atoms with Gasteiger partial charge in [-0.25, -0.2) is 0 Å². The van der Waals surface area contributed by atoms with E-state index in [1.807, 2.05) is 48.5 Å². The molecule has 0 radical (unpaired) electrons. The molecule has 1 aliphatic rings. The fraction of sp³-hybridized carbons (Fsp3) is 0.0769. The average molecular weight is 288 g/mol. The first-order valence-electron chi connectivity index (χ1n) is 5.35. The lowest BCUT2D eigenvalue weighted by atomic mass is 10.1. The highest BCUT2D eigenvalue weighted by Crippen LogP contribution is 2.36. The van der Waals surface area contributed by atoms with E-state index in [1.54, 1.807) is 0 Å². The second-order valence-electron chi connectivity index (χ2n) is 3.83. The molecule has 2 aromatic rings. The number of halogens is 1. The van der Waals surface area contributed by atoms with Crippen molar-refractivity contribution < 1.29 is 0 Å². The van der Waals surface area contributed by atoms with Crippen LogP contribution in [0.4, 0.5) is 11.4 Å². The fourth-order valence-electron chi connectivity index (χ4n) is 1.79. The van der Waals surface area contributed by atoms with Crippen molar-refractivity contribution in [3.05, 3.63) is 58.6 Å². The number of nitrogens with one attached hydrogen (secondary N) is 1. The molecule has 0 saturated carbocycles. The van der Waals surface area contributed by atoms with E-state index in [2.05, 4.69) is 31.5 Å². The Bertz CT molecular complexity index is 566. The summed E-state index contributed by atoms with van der Waals surface area (Å²) in [6.07, 6.45) is -0.0991. The first-order chi connectivity index (χ1) is 8.33. The Morgan fingerprint density at radius 1 is 1.06 bits per heavy atom. The van der Waals surface area contributed by atoms with E-state index in [4.69, 9.17) is 0 Å². The minimum atomic E-state index is -0.0991. The average Bonchev–Trinajstić information content (AvgIpc) is 2.39. The molecule has 3 rings (SSSR count). The molecule has 2 aromatic carbocycles. The van der Waals surface area contributed by atoms with Gasteiger partial charge in [0.1, 0.15) is 5.69 Å². The predicted molar refractivity (Wildman–Crippen MR) is 71.5 cm³/mol. The summed E-state index contributed by atoms with van der Waals surface area (Å²) in [6, 6.07) is 16.0. The van der Waals surface area contributed by atoms with Gasteiger partial charge in [-0.15, -0.1) is 0 Å². The molecule has 0 saturated heterocycles.